The molecule has 0 aliphatic carbocycles. The number of ketones is 1. The van der Waals surface area contributed by atoms with Crippen molar-refractivity contribution >= 4 is 29.2 Å². The molecule has 0 saturated heterocycles. The molecular weight excluding hydrogens is 393 g/mol. The minimum Gasteiger partial charge on any atom is -0.444 e. The predicted octanol–water partition coefficient (Wildman–Crippen LogP) is 5.95. The van der Waals surface area contributed by atoms with Crippen molar-refractivity contribution in [1.82, 2.24) is 0 Å². The molecule has 29 heavy (non-hydrogen) atoms. The van der Waals surface area contributed by atoms with Gasteiger partial charge in [0, 0.05) is 17.0 Å². The first-order valence-corrected chi connectivity index (χ1v) is 9.49. The molecule has 146 valence electrons. The van der Waals surface area contributed by atoms with Gasteiger partial charge in [0.15, 0.2) is 5.78 Å². The van der Waals surface area contributed by atoms with Gasteiger partial charge < -0.3 is 4.74 Å². The van der Waals surface area contributed by atoms with Crippen LogP contribution in [0.2, 0.25) is 5.02 Å². The van der Waals surface area contributed by atoms with Gasteiger partial charge in [-0.05, 0) is 41.5 Å². The Kier molecular flexibility index (Phi) is 5.32. The molecule has 6 heteroatoms. The number of nitrogens with zero attached hydrogens (tertiary/aromatic N) is 1. The summed E-state index contributed by atoms with van der Waals surface area (Å²) in [5, 5.41) is 0.412. The molecule has 1 amide bonds. The lowest BCUT2D eigenvalue weighted by atomic mass is 9.90. The summed E-state index contributed by atoms with van der Waals surface area (Å²) >= 11 is 6.05. The SMILES string of the molecule is O=C1C[C@H](c2ccc(F)cc2)N(C(=O)OCc2ccccc2)c2ccc(Cl)cc21. The number of fused-ring (bicyclic) bond motifs is 1. The highest BCUT2D eigenvalue weighted by atomic mass is 35.5. The number of rotatable bonds is 3. The van der Waals surface area contributed by atoms with Crippen LogP contribution in [0.25, 0.3) is 0 Å². The number of carbonyl (C=O) groups is 2. The van der Waals surface area contributed by atoms with E-state index < -0.39 is 12.1 Å². The van der Waals surface area contributed by atoms with Gasteiger partial charge in [-0.15, -0.1) is 0 Å². The highest BCUT2D eigenvalue weighted by molar-refractivity contribution is 6.31. The Morgan fingerprint density at radius 1 is 1.07 bits per heavy atom. The van der Waals surface area contributed by atoms with E-state index >= 15 is 0 Å². The first-order valence-electron chi connectivity index (χ1n) is 9.11. The van der Waals surface area contributed by atoms with Gasteiger partial charge in [0.05, 0.1) is 11.7 Å². The van der Waals surface area contributed by atoms with E-state index in [1.54, 1.807) is 30.3 Å². The molecule has 0 aromatic heterocycles. The maximum absolute atomic E-state index is 13.4. The third-order valence-corrected chi connectivity index (χ3v) is 5.10. The van der Waals surface area contributed by atoms with Gasteiger partial charge in [-0.2, -0.15) is 0 Å². The number of halogens is 2. The molecule has 3 aromatic carbocycles. The number of hydrogen-bond donors (Lipinski definition) is 0. The second kappa shape index (κ2) is 8.05. The molecule has 1 heterocycles. The predicted molar refractivity (Wildman–Crippen MR) is 109 cm³/mol. The first-order chi connectivity index (χ1) is 14.0. The van der Waals surface area contributed by atoms with E-state index in [-0.39, 0.29) is 24.6 Å². The van der Waals surface area contributed by atoms with Crippen molar-refractivity contribution in [2.24, 2.45) is 0 Å². The smallest absolute Gasteiger partial charge is 0.415 e. The van der Waals surface area contributed by atoms with Crippen molar-refractivity contribution in [1.29, 1.82) is 0 Å². The van der Waals surface area contributed by atoms with Crippen LogP contribution in [-0.2, 0) is 11.3 Å². The lowest BCUT2D eigenvalue weighted by Crippen LogP contribution is -2.40. The number of carbonyl (C=O) groups excluding carboxylic acids is 2. The van der Waals surface area contributed by atoms with Gasteiger partial charge in [-0.25, -0.2) is 9.18 Å². The lowest BCUT2D eigenvalue weighted by Gasteiger charge is -2.36. The first kappa shape index (κ1) is 19.2. The van der Waals surface area contributed by atoms with Crippen LogP contribution in [0.1, 0.15) is 33.9 Å². The number of anilines is 1. The van der Waals surface area contributed by atoms with Crippen molar-refractivity contribution in [3.8, 4) is 0 Å². The number of hydrogen-bond acceptors (Lipinski definition) is 3. The molecule has 1 aliphatic heterocycles. The van der Waals surface area contributed by atoms with E-state index in [1.165, 1.54) is 17.0 Å². The van der Waals surface area contributed by atoms with Crippen LogP contribution in [0.15, 0.2) is 72.8 Å². The van der Waals surface area contributed by atoms with Gasteiger partial charge in [0.2, 0.25) is 0 Å². The Morgan fingerprint density at radius 2 is 1.79 bits per heavy atom. The Balaban J connectivity index is 1.70. The fourth-order valence-corrected chi connectivity index (χ4v) is 3.62. The van der Waals surface area contributed by atoms with E-state index in [9.17, 15) is 14.0 Å². The summed E-state index contributed by atoms with van der Waals surface area (Å²) in [6.07, 6.45) is -0.529. The Labute approximate surface area is 172 Å². The zero-order valence-electron chi connectivity index (χ0n) is 15.3. The molecule has 0 saturated carbocycles. The van der Waals surface area contributed by atoms with Crippen LogP contribution in [0, 0.1) is 5.82 Å². The van der Waals surface area contributed by atoms with E-state index in [1.807, 2.05) is 30.3 Å². The largest absolute Gasteiger partial charge is 0.444 e. The molecule has 0 spiro atoms. The molecule has 1 aliphatic rings. The lowest BCUT2D eigenvalue weighted by molar-refractivity contribution is 0.0961. The van der Waals surface area contributed by atoms with Gasteiger partial charge in [-0.3, -0.25) is 9.69 Å². The third-order valence-electron chi connectivity index (χ3n) is 4.87. The van der Waals surface area contributed by atoms with Gasteiger partial charge >= 0.3 is 6.09 Å². The minimum absolute atomic E-state index is 0.0550. The van der Waals surface area contributed by atoms with E-state index in [0.717, 1.165) is 5.56 Å². The number of benzene rings is 3. The molecule has 4 nitrogen and oxygen atoms in total. The van der Waals surface area contributed by atoms with E-state index in [2.05, 4.69) is 0 Å². The highest BCUT2D eigenvalue weighted by Gasteiger charge is 2.37. The molecule has 0 bridgehead atoms. The Hall–Kier alpha value is -3.18. The molecule has 0 radical (unpaired) electrons. The summed E-state index contributed by atoms with van der Waals surface area (Å²) in [7, 11) is 0. The van der Waals surface area contributed by atoms with Crippen molar-refractivity contribution in [2.75, 3.05) is 4.90 Å². The summed E-state index contributed by atoms with van der Waals surface area (Å²) in [6.45, 7) is 0.100. The number of Topliss-reactive ketones (excluding diaryl/α,β-unsaturated/α-hetero) is 1. The molecule has 3 aromatic rings. The summed E-state index contributed by atoms with van der Waals surface area (Å²) in [4.78, 5) is 27.2. The second-order valence-corrected chi connectivity index (χ2v) is 7.20. The molecule has 0 fully saturated rings. The minimum atomic E-state index is -0.597. The average Bonchev–Trinajstić information content (AvgIpc) is 2.73. The van der Waals surface area contributed by atoms with Crippen LogP contribution in [0.3, 0.4) is 0 Å². The van der Waals surface area contributed by atoms with Crippen LogP contribution in [-0.4, -0.2) is 11.9 Å². The van der Waals surface area contributed by atoms with Gasteiger partial charge in [0.25, 0.3) is 0 Å². The maximum Gasteiger partial charge on any atom is 0.415 e. The third kappa shape index (κ3) is 4.00. The van der Waals surface area contributed by atoms with Gasteiger partial charge in [-0.1, -0.05) is 54.1 Å². The fraction of sp³-hybridized carbons (Fsp3) is 0.130. The summed E-state index contributed by atoms with van der Waals surface area (Å²) in [5.41, 5.74) is 2.30. The highest BCUT2D eigenvalue weighted by Crippen LogP contribution is 2.40. The van der Waals surface area contributed by atoms with Crippen molar-refractivity contribution in [3.63, 3.8) is 0 Å². The summed E-state index contributed by atoms with van der Waals surface area (Å²) in [6, 6.07) is 19.3. The maximum atomic E-state index is 13.4. The molecule has 4 rings (SSSR count). The van der Waals surface area contributed by atoms with Crippen molar-refractivity contribution < 1.29 is 18.7 Å². The molecule has 0 N–H and O–H groups in total. The standard InChI is InChI=1S/C23H17ClFNO3/c24-17-8-11-20-19(12-17)22(27)13-21(16-6-9-18(25)10-7-16)26(20)23(28)29-14-15-4-2-1-3-5-15/h1-12,21H,13-14H2/t21-/m1/s1. The van der Waals surface area contributed by atoms with E-state index in [4.69, 9.17) is 16.3 Å². The molecular formula is C23H17ClFNO3. The zero-order chi connectivity index (χ0) is 20.4. The summed E-state index contributed by atoms with van der Waals surface area (Å²) < 4.78 is 18.9. The topological polar surface area (TPSA) is 46.6 Å². The van der Waals surface area contributed by atoms with Crippen molar-refractivity contribution in [3.05, 3.63) is 100 Å². The quantitative estimate of drug-likeness (QED) is 0.537. The Bertz CT molecular complexity index is 1050. The number of ether oxygens (including phenoxy) is 1. The second-order valence-electron chi connectivity index (χ2n) is 6.77. The molecule has 1 atom stereocenters. The van der Waals surface area contributed by atoms with Gasteiger partial charge in [0.1, 0.15) is 12.4 Å². The van der Waals surface area contributed by atoms with Crippen molar-refractivity contribution in [2.45, 2.75) is 19.1 Å². The van der Waals surface area contributed by atoms with Crippen LogP contribution >= 0.6 is 11.6 Å². The number of amides is 1. The van der Waals surface area contributed by atoms with Crippen LogP contribution in [0.5, 0.6) is 0 Å². The van der Waals surface area contributed by atoms with Crippen LogP contribution < -0.4 is 4.90 Å². The summed E-state index contributed by atoms with van der Waals surface area (Å²) in [5.74, 6) is -0.523. The van der Waals surface area contributed by atoms with E-state index in [0.29, 0.717) is 21.8 Å². The fourth-order valence-electron chi connectivity index (χ4n) is 3.45. The monoisotopic (exact) mass is 409 g/mol. The zero-order valence-corrected chi connectivity index (χ0v) is 16.1. The van der Waals surface area contributed by atoms with Crippen LogP contribution in [0.4, 0.5) is 14.9 Å². The molecule has 0 unspecified atom stereocenters. The normalized spacial score (nSPS) is 15.7. The Morgan fingerprint density at radius 3 is 2.52 bits per heavy atom. The average molecular weight is 410 g/mol.